The molecule has 0 aliphatic carbocycles. The maximum Gasteiger partial charge on any atom is 0.278 e. The van der Waals surface area contributed by atoms with E-state index in [2.05, 4.69) is 24.3 Å². The van der Waals surface area contributed by atoms with Gasteiger partial charge in [-0.05, 0) is 30.5 Å². The van der Waals surface area contributed by atoms with Gasteiger partial charge in [0.2, 0.25) is 0 Å². The van der Waals surface area contributed by atoms with E-state index in [1.807, 2.05) is 31.2 Å². The highest BCUT2D eigenvalue weighted by Crippen LogP contribution is 2.19. The van der Waals surface area contributed by atoms with Crippen LogP contribution < -0.4 is 11.1 Å². The van der Waals surface area contributed by atoms with Crippen LogP contribution in [0.2, 0.25) is 0 Å². The Hall–Kier alpha value is -2.30. The van der Waals surface area contributed by atoms with Crippen molar-refractivity contribution in [1.29, 1.82) is 0 Å². The molecule has 1 aromatic heterocycles. The fourth-order valence-corrected chi connectivity index (χ4v) is 1.94. The van der Waals surface area contributed by atoms with Crippen molar-refractivity contribution in [2.75, 3.05) is 11.1 Å². The first-order valence-electron chi connectivity index (χ1n) is 6.75. The highest BCUT2D eigenvalue weighted by atomic mass is 16.2. The molecule has 106 valence electrons. The molecule has 0 fully saturated rings. The molecule has 0 aliphatic heterocycles. The lowest BCUT2D eigenvalue weighted by molar-refractivity contribution is 0.102. The summed E-state index contributed by atoms with van der Waals surface area (Å²) in [7, 11) is 0. The Balaban J connectivity index is 2.18. The summed E-state index contributed by atoms with van der Waals surface area (Å²) >= 11 is 0. The SMILES string of the molecule is CCn1cc(N)c(C(=O)Nc2cccc(C(C)C)c2)n1. The number of aromatic nitrogens is 2. The second-order valence-electron chi connectivity index (χ2n) is 5.02. The standard InChI is InChI=1S/C15H20N4O/c1-4-19-9-13(16)14(18-19)15(20)17-12-7-5-6-11(8-12)10(2)3/h5-10H,4,16H2,1-3H3,(H,17,20). The van der Waals surface area contributed by atoms with E-state index < -0.39 is 0 Å². The molecule has 0 spiro atoms. The molecule has 1 aromatic carbocycles. The molecule has 0 aliphatic rings. The first-order chi connectivity index (χ1) is 9.51. The third-order valence-corrected chi connectivity index (χ3v) is 3.14. The summed E-state index contributed by atoms with van der Waals surface area (Å²) < 4.78 is 1.65. The van der Waals surface area contributed by atoms with Crippen molar-refractivity contribution in [3.05, 3.63) is 41.7 Å². The summed E-state index contributed by atoms with van der Waals surface area (Å²) in [6, 6.07) is 7.80. The Labute approximate surface area is 118 Å². The number of nitrogens with two attached hydrogens (primary N) is 1. The van der Waals surface area contributed by atoms with Crippen LogP contribution in [0.4, 0.5) is 11.4 Å². The molecular weight excluding hydrogens is 252 g/mol. The fraction of sp³-hybridized carbons (Fsp3) is 0.333. The number of carbonyl (C=O) groups is 1. The highest BCUT2D eigenvalue weighted by Gasteiger charge is 2.15. The molecular formula is C15H20N4O. The number of carbonyl (C=O) groups excluding carboxylic acids is 1. The molecule has 20 heavy (non-hydrogen) atoms. The lowest BCUT2D eigenvalue weighted by Gasteiger charge is -2.09. The maximum atomic E-state index is 12.2. The fourth-order valence-electron chi connectivity index (χ4n) is 1.94. The van der Waals surface area contributed by atoms with Crippen LogP contribution in [0.25, 0.3) is 0 Å². The van der Waals surface area contributed by atoms with E-state index in [1.165, 1.54) is 5.56 Å². The molecule has 2 aromatic rings. The number of hydrogen-bond acceptors (Lipinski definition) is 3. The quantitative estimate of drug-likeness (QED) is 0.898. The number of nitrogens with zero attached hydrogens (tertiary/aromatic N) is 2. The van der Waals surface area contributed by atoms with Gasteiger partial charge in [0.25, 0.3) is 5.91 Å². The van der Waals surface area contributed by atoms with Crippen molar-refractivity contribution >= 4 is 17.3 Å². The number of benzene rings is 1. The van der Waals surface area contributed by atoms with Crippen LogP contribution in [-0.2, 0) is 6.54 Å². The Morgan fingerprint density at radius 1 is 1.45 bits per heavy atom. The Morgan fingerprint density at radius 3 is 2.80 bits per heavy atom. The van der Waals surface area contributed by atoms with Gasteiger partial charge in [0.05, 0.1) is 5.69 Å². The number of hydrogen-bond donors (Lipinski definition) is 2. The summed E-state index contributed by atoms with van der Waals surface area (Å²) in [6.07, 6.45) is 1.67. The minimum Gasteiger partial charge on any atom is -0.396 e. The van der Waals surface area contributed by atoms with Gasteiger partial charge in [-0.3, -0.25) is 9.48 Å². The summed E-state index contributed by atoms with van der Waals surface area (Å²) in [6.45, 7) is 6.85. The second kappa shape index (κ2) is 5.77. The van der Waals surface area contributed by atoms with Crippen molar-refractivity contribution in [3.8, 4) is 0 Å². The summed E-state index contributed by atoms with van der Waals surface area (Å²) in [5.41, 5.74) is 8.40. The molecule has 0 saturated carbocycles. The normalized spacial score (nSPS) is 10.8. The van der Waals surface area contributed by atoms with E-state index in [-0.39, 0.29) is 11.6 Å². The van der Waals surface area contributed by atoms with Crippen LogP contribution in [0.5, 0.6) is 0 Å². The van der Waals surface area contributed by atoms with E-state index in [9.17, 15) is 4.79 Å². The van der Waals surface area contributed by atoms with Crippen LogP contribution in [0, 0.1) is 0 Å². The maximum absolute atomic E-state index is 12.2. The van der Waals surface area contributed by atoms with E-state index in [4.69, 9.17) is 5.73 Å². The van der Waals surface area contributed by atoms with Crippen molar-refractivity contribution < 1.29 is 4.79 Å². The highest BCUT2D eigenvalue weighted by molar-refractivity contribution is 6.06. The summed E-state index contributed by atoms with van der Waals surface area (Å²) in [4.78, 5) is 12.2. The van der Waals surface area contributed by atoms with Gasteiger partial charge in [0.15, 0.2) is 5.69 Å². The van der Waals surface area contributed by atoms with Gasteiger partial charge >= 0.3 is 0 Å². The van der Waals surface area contributed by atoms with Gasteiger partial charge in [-0.15, -0.1) is 0 Å². The second-order valence-corrected chi connectivity index (χ2v) is 5.02. The molecule has 3 N–H and O–H groups in total. The zero-order valence-corrected chi connectivity index (χ0v) is 12.1. The number of rotatable bonds is 4. The van der Waals surface area contributed by atoms with Gasteiger partial charge < -0.3 is 11.1 Å². The first-order valence-corrected chi connectivity index (χ1v) is 6.75. The number of anilines is 2. The molecule has 5 heteroatoms. The van der Waals surface area contributed by atoms with Gasteiger partial charge in [-0.2, -0.15) is 5.10 Å². The third-order valence-electron chi connectivity index (χ3n) is 3.14. The van der Waals surface area contributed by atoms with Crippen LogP contribution in [0.3, 0.4) is 0 Å². The van der Waals surface area contributed by atoms with Crippen molar-refractivity contribution in [3.63, 3.8) is 0 Å². The smallest absolute Gasteiger partial charge is 0.278 e. The topological polar surface area (TPSA) is 72.9 Å². The predicted molar refractivity (Wildman–Crippen MR) is 80.8 cm³/mol. The van der Waals surface area contributed by atoms with Crippen LogP contribution in [0.1, 0.15) is 42.7 Å². The molecule has 0 radical (unpaired) electrons. The lowest BCUT2D eigenvalue weighted by Crippen LogP contribution is -2.15. The van der Waals surface area contributed by atoms with Crippen molar-refractivity contribution in [2.45, 2.75) is 33.2 Å². The molecule has 2 rings (SSSR count). The van der Waals surface area contributed by atoms with Crippen LogP contribution in [0.15, 0.2) is 30.5 Å². The minimum absolute atomic E-state index is 0.266. The minimum atomic E-state index is -0.282. The predicted octanol–water partition coefficient (Wildman–Crippen LogP) is 2.86. The average molecular weight is 272 g/mol. The Morgan fingerprint density at radius 2 is 2.20 bits per heavy atom. The zero-order valence-electron chi connectivity index (χ0n) is 12.1. The Kier molecular flexibility index (Phi) is 4.08. The summed E-state index contributed by atoms with van der Waals surface area (Å²) in [5.74, 6) is 0.131. The molecule has 1 heterocycles. The molecule has 0 bridgehead atoms. The summed E-state index contributed by atoms with van der Waals surface area (Å²) in [5, 5.41) is 7.00. The van der Waals surface area contributed by atoms with Gasteiger partial charge in [0, 0.05) is 18.4 Å². The van der Waals surface area contributed by atoms with E-state index in [0.717, 1.165) is 5.69 Å². The molecule has 0 saturated heterocycles. The van der Waals surface area contributed by atoms with E-state index in [0.29, 0.717) is 18.2 Å². The van der Waals surface area contributed by atoms with E-state index in [1.54, 1.807) is 10.9 Å². The van der Waals surface area contributed by atoms with Gasteiger partial charge in [0.1, 0.15) is 0 Å². The van der Waals surface area contributed by atoms with Gasteiger partial charge in [-0.25, -0.2) is 0 Å². The molecule has 0 unspecified atom stereocenters. The van der Waals surface area contributed by atoms with Gasteiger partial charge in [-0.1, -0.05) is 26.0 Å². The lowest BCUT2D eigenvalue weighted by atomic mass is 10.0. The molecule has 0 atom stereocenters. The zero-order chi connectivity index (χ0) is 14.7. The molecule has 1 amide bonds. The molecule has 5 nitrogen and oxygen atoms in total. The van der Waals surface area contributed by atoms with Crippen LogP contribution >= 0.6 is 0 Å². The number of aryl methyl sites for hydroxylation is 1. The average Bonchev–Trinajstić information content (AvgIpc) is 2.80. The van der Waals surface area contributed by atoms with E-state index >= 15 is 0 Å². The van der Waals surface area contributed by atoms with Crippen LogP contribution in [-0.4, -0.2) is 15.7 Å². The number of nitrogen functional groups attached to an aromatic ring is 1. The third kappa shape index (κ3) is 2.99. The first kappa shape index (κ1) is 14.1. The largest absolute Gasteiger partial charge is 0.396 e. The Bertz CT molecular complexity index is 616. The van der Waals surface area contributed by atoms with Crippen molar-refractivity contribution in [1.82, 2.24) is 9.78 Å². The monoisotopic (exact) mass is 272 g/mol. The number of nitrogens with one attached hydrogen (secondary N) is 1. The van der Waals surface area contributed by atoms with Crippen molar-refractivity contribution in [2.24, 2.45) is 0 Å². The number of amides is 1.